The average Bonchev–Trinajstić information content (AvgIpc) is 2.97. The molecule has 3 aliphatic rings. The molecule has 0 saturated carbocycles. The zero-order valence-corrected chi connectivity index (χ0v) is 22.8. The number of Topliss-reactive ketones (excluding diaryl/α,β-unsaturated/α-hetero) is 1. The van der Waals surface area contributed by atoms with Gasteiger partial charge < -0.3 is 39.7 Å². The highest BCUT2D eigenvalue weighted by atomic mass is 17.0. The first-order chi connectivity index (χ1) is 20.3. The van der Waals surface area contributed by atoms with Gasteiger partial charge in [0.2, 0.25) is 5.78 Å². The van der Waals surface area contributed by atoms with Gasteiger partial charge in [-0.2, -0.15) is 5.48 Å². The first kappa shape index (κ1) is 30.3. The number of nitrogens with one attached hydrogen (secondary N) is 1. The molecule has 1 fully saturated rings. The second-order valence-corrected chi connectivity index (χ2v) is 10.5. The topological polar surface area (TPSA) is 244 Å². The summed E-state index contributed by atoms with van der Waals surface area (Å²) in [6.07, 6.45) is -6.55. The van der Waals surface area contributed by atoms with E-state index >= 15 is 0 Å². The van der Waals surface area contributed by atoms with Crippen molar-refractivity contribution in [3.8, 4) is 17.2 Å². The molecule has 16 heteroatoms. The van der Waals surface area contributed by atoms with Crippen LogP contribution in [0.25, 0.3) is 0 Å². The fourth-order valence-electron chi connectivity index (χ4n) is 5.94. The van der Waals surface area contributed by atoms with Gasteiger partial charge in [0.1, 0.15) is 29.5 Å². The molecule has 6 atom stereocenters. The van der Waals surface area contributed by atoms with E-state index in [1.807, 2.05) is 0 Å². The van der Waals surface area contributed by atoms with Gasteiger partial charge in [-0.05, 0) is 13.0 Å². The van der Waals surface area contributed by atoms with Crippen molar-refractivity contribution in [1.82, 2.24) is 5.48 Å². The number of hydrogen-bond acceptors (Lipinski definition) is 15. The largest absolute Gasteiger partial charge is 0.507 e. The Morgan fingerprint density at radius 2 is 1.88 bits per heavy atom. The Kier molecular flexibility index (Phi) is 7.84. The minimum Gasteiger partial charge on any atom is -0.507 e. The third-order valence-electron chi connectivity index (χ3n) is 8.04. The maximum atomic E-state index is 13.7. The predicted octanol–water partition coefficient (Wildman–Crippen LogP) is -0.245. The molecule has 0 amide bonds. The summed E-state index contributed by atoms with van der Waals surface area (Å²) < 4.78 is 16.9. The maximum absolute atomic E-state index is 13.7. The van der Waals surface area contributed by atoms with Crippen molar-refractivity contribution in [2.24, 2.45) is 0 Å². The number of benzene rings is 2. The van der Waals surface area contributed by atoms with Crippen molar-refractivity contribution in [3.05, 3.63) is 61.7 Å². The maximum Gasteiger partial charge on any atom is 0.311 e. The van der Waals surface area contributed by atoms with Crippen LogP contribution < -0.4 is 10.2 Å². The van der Waals surface area contributed by atoms with Gasteiger partial charge in [0, 0.05) is 36.0 Å². The number of ketones is 3. The number of fused-ring (bicyclic) bond motifs is 3. The zero-order chi connectivity index (χ0) is 31.4. The Hall–Kier alpha value is -4.19. The highest BCUT2D eigenvalue weighted by Crippen LogP contribution is 2.52. The number of phenolic OH excluding ortho intramolecular Hbond substituents is 2. The minimum absolute atomic E-state index is 0.0486. The van der Waals surface area contributed by atoms with Gasteiger partial charge in [-0.15, -0.1) is 10.1 Å². The molecule has 230 valence electrons. The summed E-state index contributed by atoms with van der Waals surface area (Å²) in [6.45, 7) is 0.352. The molecule has 2 aliphatic carbocycles. The van der Waals surface area contributed by atoms with Crippen LogP contribution in [0.3, 0.4) is 0 Å². The molecule has 0 bridgehead atoms. The van der Waals surface area contributed by atoms with E-state index in [-0.39, 0.29) is 34.4 Å². The number of rotatable bonds is 8. The number of carbonyl (C=O) groups is 3. The average molecular weight is 605 g/mol. The molecule has 2 aromatic carbocycles. The zero-order valence-electron chi connectivity index (χ0n) is 22.8. The highest BCUT2D eigenvalue weighted by Gasteiger charge is 2.50. The Labute approximate surface area is 242 Å². The molecule has 1 heterocycles. The van der Waals surface area contributed by atoms with Crippen molar-refractivity contribution >= 4 is 17.3 Å². The number of aliphatic hydroxyl groups excluding tert-OH is 2. The number of nitrogens with zero attached hydrogens (tertiary/aromatic N) is 1. The molecule has 43 heavy (non-hydrogen) atoms. The summed E-state index contributed by atoms with van der Waals surface area (Å²) in [7, 11) is 1.29. The molecular weight excluding hydrogens is 576 g/mol. The van der Waals surface area contributed by atoms with Crippen molar-refractivity contribution in [2.45, 2.75) is 62.4 Å². The lowest BCUT2D eigenvalue weighted by Gasteiger charge is -2.42. The molecule has 5 rings (SSSR count). The van der Waals surface area contributed by atoms with Crippen LogP contribution >= 0.6 is 0 Å². The Bertz CT molecular complexity index is 1530. The van der Waals surface area contributed by atoms with Gasteiger partial charge >= 0.3 is 5.09 Å². The quantitative estimate of drug-likeness (QED) is 0.110. The van der Waals surface area contributed by atoms with E-state index in [4.69, 9.17) is 14.2 Å². The van der Waals surface area contributed by atoms with Crippen molar-refractivity contribution in [3.63, 3.8) is 0 Å². The Morgan fingerprint density at radius 1 is 1.19 bits per heavy atom. The Balaban J connectivity index is 1.62. The number of ether oxygens (including phenoxy) is 3. The van der Waals surface area contributed by atoms with Crippen molar-refractivity contribution < 1.29 is 64.2 Å². The van der Waals surface area contributed by atoms with Gasteiger partial charge in [0.15, 0.2) is 17.9 Å². The first-order valence-electron chi connectivity index (χ1n) is 13.1. The number of aliphatic hydroxyl groups is 3. The summed E-state index contributed by atoms with van der Waals surface area (Å²) in [5.41, 5.74) is -2.09. The van der Waals surface area contributed by atoms with Crippen LogP contribution in [-0.4, -0.2) is 91.8 Å². The molecule has 0 radical (unpaired) electrons. The van der Waals surface area contributed by atoms with Gasteiger partial charge in [0.25, 0.3) is 0 Å². The predicted molar refractivity (Wildman–Crippen MR) is 139 cm³/mol. The smallest absolute Gasteiger partial charge is 0.311 e. The molecular formula is C27H28N2O14. The monoisotopic (exact) mass is 604 g/mol. The molecule has 1 saturated heterocycles. The molecule has 16 nitrogen and oxygen atoms in total. The molecule has 6 N–H and O–H groups in total. The fourth-order valence-corrected chi connectivity index (χ4v) is 5.94. The number of methoxy groups -OCH3 is 1. The van der Waals surface area contributed by atoms with E-state index in [1.165, 1.54) is 32.2 Å². The van der Waals surface area contributed by atoms with E-state index in [1.54, 1.807) is 0 Å². The van der Waals surface area contributed by atoms with Gasteiger partial charge in [-0.3, -0.25) is 14.4 Å². The SMILES string of the molecule is COc1cccc2c1C(=O)c1c(O)c3c(c(O)c1C2=O)C[C@@](O)(C(=O)CO)C[C@@H]3OC1CC(NO[N+](=O)[O-])C(O)C(C)O1. The van der Waals surface area contributed by atoms with E-state index in [0.717, 1.165) is 0 Å². The number of aromatic hydroxyl groups is 2. The third kappa shape index (κ3) is 4.97. The van der Waals surface area contributed by atoms with E-state index < -0.39 is 101 Å². The molecule has 0 spiro atoms. The summed E-state index contributed by atoms with van der Waals surface area (Å²) in [5, 5.41) is 63.7. The molecule has 4 unspecified atom stereocenters. The lowest BCUT2D eigenvalue weighted by Crippen LogP contribution is -2.55. The van der Waals surface area contributed by atoms with E-state index in [9.17, 15) is 50.0 Å². The summed E-state index contributed by atoms with van der Waals surface area (Å²) in [4.78, 5) is 54.8. The van der Waals surface area contributed by atoms with Crippen LogP contribution in [0.5, 0.6) is 17.2 Å². The van der Waals surface area contributed by atoms with Gasteiger partial charge in [0.05, 0.1) is 48.2 Å². The lowest BCUT2D eigenvalue weighted by molar-refractivity contribution is -0.778. The van der Waals surface area contributed by atoms with Crippen molar-refractivity contribution in [2.75, 3.05) is 13.7 Å². The van der Waals surface area contributed by atoms with Crippen molar-refractivity contribution in [1.29, 1.82) is 0 Å². The third-order valence-corrected chi connectivity index (χ3v) is 8.04. The van der Waals surface area contributed by atoms with Crippen LogP contribution in [0, 0.1) is 10.1 Å². The summed E-state index contributed by atoms with van der Waals surface area (Å²) in [6, 6.07) is 3.17. The number of hydrogen-bond donors (Lipinski definition) is 6. The van der Waals surface area contributed by atoms with E-state index in [2.05, 4.69) is 10.4 Å². The number of hydroxylamine groups is 1. The second-order valence-electron chi connectivity index (χ2n) is 10.5. The molecule has 2 aromatic rings. The van der Waals surface area contributed by atoms with Crippen LogP contribution in [-0.2, 0) is 25.6 Å². The van der Waals surface area contributed by atoms with Gasteiger partial charge in [-0.25, -0.2) is 4.94 Å². The summed E-state index contributed by atoms with van der Waals surface area (Å²) in [5.74, 6) is -4.19. The van der Waals surface area contributed by atoms with Crippen LogP contribution in [0.2, 0.25) is 0 Å². The normalized spacial score (nSPS) is 28.0. The first-order valence-corrected chi connectivity index (χ1v) is 13.1. The van der Waals surface area contributed by atoms with Crippen LogP contribution in [0.15, 0.2) is 18.2 Å². The van der Waals surface area contributed by atoms with Crippen LogP contribution in [0.1, 0.15) is 68.8 Å². The minimum atomic E-state index is -2.35. The number of carbonyl (C=O) groups excluding carboxylic acids is 3. The van der Waals surface area contributed by atoms with E-state index in [0.29, 0.717) is 0 Å². The second kappa shape index (κ2) is 11.1. The standard InChI is InChI=1S/C27H28N2O14/c1-10-22(32)13(28-43-29(38)39)6-17(41-10)42-15-8-27(37,16(31)9-30)7-12-19(15)26(36)21-20(24(12)34)23(33)11-4-3-5-14(40-2)18(11)25(21)35/h3-5,10,13,15,17,22,28,30,32,34,36-37H,6-9H2,1-2H3/t10?,13?,15-,17?,22?,27-/m0/s1. The number of phenols is 2. The highest BCUT2D eigenvalue weighted by molar-refractivity contribution is 6.31. The fraction of sp³-hybridized carbons (Fsp3) is 0.444. The summed E-state index contributed by atoms with van der Waals surface area (Å²) >= 11 is 0. The lowest BCUT2D eigenvalue weighted by atomic mass is 9.72. The van der Waals surface area contributed by atoms with Crippen LogP contribution in [0.4, 0.5) is 0 Å². The Morgan fingerprint density at radius 3 is 2.53 bits per heavy atom. The van der Waals surface area contributed by atoms with Gasteiger partial charge in [-0.1, -0.05) is 12.1 Å². The molecule has 1 aliphatic heterocycles. The molecule has 0 aromatic heterocycles.